The van der Waals surface area contributed by atoms with Crippen LogP contribution in [0.1, 0.15) is 37.5 Å². The molecule has 0 aliphatic heterocycles. The van der Waals surface area contributed by atoms with Crippen LogP contribution >= 0.6 is 0 Å². The monoisotopic (exact) mass is 396 g/mol. The van der Waals surface area contributed by atoms with Crippen LogP contribution in [-0.4, -0.2) is 41.9 Å². The van der Waals surface area contributed by atoms with E-state index < -0.39 is 6.04 Å². The lowest BCUT2D eigenvalue weighted by molar-refractivity contribution is -0.141. The highest BCUT2D eigenvalue weighted by atomic mass is 16.5. The summed E-state index contributed by atoms with van der Waals surface area (Å²) >= 11 is 0. The highest BCUT2D eigenvalue weighted by Crippen LogP contribution is 2.19. The molecule has 5 heteroatoms. The molecule has 0 spiro atoms. The van der Waals surface area contributed by atoms with E-state index in [0.29, 0.717) is 18.7 Å². The molecule has 5 nitrogen and oxygen atoms in total. The minimum absolute atomic E-state index is 0.0159. The average molecular weight is 397 g/mol. The molecule has 0 saturated carbocycles. The Hall–Kier alpha value is -2.82. The molecule has 0 saturated heterocycles. The number of hydrogen-bond acceptors (Lipinski definition) is 3. The average Bonchev–Trinajstić information content (AvgIpc) is 2.68. The highest BCUT2D eigenvalue weighted by Gasteiger charge is 2.26. The van der Waals surface area contributed by atoms with Crippen molar-refractivity contribution in [1.82, 2.24) is 10.2 Å². The number of carbonyl (C=O) groups excluding carboxylic acids is 2. The Morgan fingerprint density at radius 2 is 1.72 bits per heavy atom. The Bertz CT molecular complexity index is 818. The fourth-order valence-corrected chi connectivity index (χ4v) is 3.06. The number of aryl methyl sites for hydroxylation is 2. The Morgan fingerprint density at radius 1 is 1.03 bits per heavy atom. The van der Waals surface area contributed by atoms with Gasteiger partial charge >= 0.3 is 0 Å². The lowest BCUT2D eigenvalue weighted by Gasteiger charge is -2.29. The van der Waals surface area contributed by atoms with Crippen molar-refractivity contribution in [3.8, 4) is 5.75 Å². The van der Waals surface area contributed by atoms with Crippen LogP contribution in [0.3, 0.4) is 0 Å². The van der Waals surface area contributed by atoms with Crippen molar-refractivity contribution < 1.29 is 14.3 Å². The summed E-state index contributed by atoms with van der Waals surface area (Å²) in [6.07, 6.45) is 0.676. The minimum atomic E-state index is -0.573. The number of carbonyl (C=O) groups is 2. The van der Waals surface area contributed by atoms with Crippen LogP contribution in [-0.2, 0) is 16.0 Å². The van der Waals surface area contributed by atoms with Gasteiger partial charge in [0.2, 0.25) is 5.91 Å². The molecule has 2 amide bonds. The molecular weight excluding hydrogens is 364 g/mol. The van der Waals surface area contributed by atoms with Crippen LogP contribution in [0.4, 0.5) is 0 Å². The normalized spacial score (nSPS) is 11.8. The zero-order valence-corrected chi connectivity index (χ0v) is 18.1. The summed E-state index contributed by atoms with van der Waals surface area (Å²) in [5.74, 6) is 0.335. The number of nitrogens with zero attached hydrogens (tertiary/aromatic N) is 1. The second-order valence-electron chi connectivity index (χ2n) is 7.72. The van der Waals surface area contributed by atoms with Gasteiger partial charge in [0, 0.05) is 12.6 Å². The van der Waals surface area contributed by atoms with E-state index >= 15 is 0 Å². The zero-order valence-electron chi connectivity index (χ0n) is 18.1. The Morgan fingerprint density at radius 3 is 2.38 bits per heavy atom. The number of rotatable bonds is 9. The number of ether oxygens (including phenoxy) is 1. The van der Waals surface area contributed by atoms with Gasteiger partial charge in [0.25, 0.3) is 5.91 Å². The Labute approximate surface area is 174 Å². The molecule has 0 aliphatic rings. The van der Waals surface area contributed by atoms with Gasteiger partial charge in [0.05, 0.1) is 0 Å². The molecule has 0 fully saturated rings. The van der Waals surface area contributed by atoms with Crippen LogP contribution < -0.4 is 10.1 Å². The van der Waals surface area contributed by atoms with E-state index in [1.807, 2.05) is 76.2 Å². The van der Waals surface area contributed by atoms with Crippen molar-refractivity contribution in [3.05, 3.63) is 65.2 Å². The summed E-state index contributed by atoms with van der Waals surface area (Å²) in [5, 5.41) is 2.89. The van der Waals surface area contributed by atoms with Gasteiger partial charge in [-0.1, -0.05) is 42.5 Å². The predicted molar refractivity (Wildman–Crippen MR) is 116 cm³/mol. The number of amides is 2. The number of hydrogen-bond donors (Lipinski definition) is 1. The molecule has 1 N–H and O–H groups in total. The SMILES string of the molecule is Cc1ccc(C)c(OCC(=O)N(CCc2ccccc2)[C@@H](C)C(=O)NC(C)C)c1. The summed E-state index contributed by atoms with van der Waals surface area (Å²) in [4.78, 5) is 27.1. The lowest BCUT2D eigenvalue weighted by atomic mass is 10.1. The topological polar surface area (TPSA) is 58.6 Å². The van der Waals surface area contributed by atoms with Crippen molar-refractivity contribution in [2.45, 2.75) is 53.1 Å². The predicted octanol–water partition coefficient (Wildman–Crippen LogP) is 3.67. The first-order chi connectivity index (χ1) is 13.8. The molecule has 0 aromatic heterocycles. The first-order valence-corrected chi connectivity index (χ1v) is 10.1. The van der Waals surface area contributed by atoms with Crippen molar-refractivity contribution >= 4 is 11.8 Å². The van der Waals surface area contributed by atoms with Gasteiger partial charge in [-0.3, -0.25) is 9.59 Å². The third-order valence-corrected chi connectivity index (χ3v) is 4.78. The van der Waals surface area contributed by atoms with E-state index in [4.69, 9.17) is 4.74 Å². The molecule has 0 heterocycles. The highest BCUT2D eigenvalue weighted by molar-refractivity contribution is 5.88. The van der Waals surface area contributed by atoms with Crippen LogP contribution in [0.25, 0.3) is 0 Å². The van der Waals surface area contributed by atoms with Gasteiger partial charge in [0.1, 0.15) is 11.8 Å². The molecule has 2 rings (SSSR count). The second-order valence-corrected chi connectivity index (χ2v) is 7.72. The third kappa shape index (κ3) is 6.93. The molecular formula is C24H32N2O3. The van der Waals surface area contributed by atoms with Gasteiger partial charge in [0.15, 0.2) is 6.61 Å². The van der Waals surface area contributed by atoms with E-state index in [2.05, 4.69) is 5.32 Å². The van der Waals surface area contributed by atoms with Crippen molar-refractivity contribution in [1.29, 1.82) is 0 Å². The summed E-state index contributed by atoms with van der Waals surface area (Å²) in [7, 11) is 0. The van der Waals surface area contributed by atoms with Gasteiger partial charge in [-0.2, -0.15) is 0 Å². The Kier molecular flexibility index (Phi) is 8.25. The summed E-state index contributed by atoms with van der Waals surface area (Å²) < 4.78 is 5.80. The van der Waals surface area contributed by atoms with Gasteiger partial charge in [-0.15, -0.1) is 0 Å². The van der Waals surface area contributed by atoms with Gasteiger partial charge < -0.3 is 15.0 Å². The van der Waals surface area contributed by atoms with E-state index in [1.165, 1.54) is 0 Å². The van der Waals surface area contributed by atoms with Crippen molar-refractivity contribution in [2.75, 3.05) is 13.2 Å². The molecule has 0 radical (unpaired) electrons. The van der Waals surface area contributed by atoms with Gasteiger partial charge in [-0.05, 0) is 63.8 Å². The zero-order chi connectivity index (χ0) is 21.4. The maximum atomic E-state index is 13.0. The van der Waals surface area contributed by atoms with E-state index in [9.17, 15) is 9.59 Å². The summed E-state index contributed by atoms with van der Waals surface area (Å²) in [6.45, 7) is 9.86. The lowest BCUT2D eigenvalue weighted by Crippen LogP contribution is -2.51. The van der Waals surface area contributed by atoms with Crippen LogP contribution in [0, 0.1) is 13.8 Å². The number of benzene rings is 2. The third-order valence-electron chi connectivity index (χ3n) is 4.78. The first-order valence-electron chi connectivity index (χ1n) is 10.1. The van der Waals surface area contributed by atoms with Crippen molar-refractivity contribution in [3.63, 3.8) is 0 Å². The quantitative estimate of drug-likeness (QED) is 0.704. The van der Waals surface area contributed by atoms with Crippen LogP contribution in [0.2, 0.25) is 0 Å². The molecule has 0 bridgehead atoms. The summed E-state index contributed by atoms with van der Waals surface area (Å²) in [6, 6.07) is 15.3. The fourth-order valence-electron chi connectivity index (χ4n) is 3.06. The molecule has 2 aromatic rings. The van der Waals surface area contributed by atoms with E-state index in [-0.39, 0.29) is 24.5 Å². The fraction of sp³-hybridized carbons (Fsp3) is 0.417. The van der Waals surface area contributed by atoms with Crippen LogP contribution in [0.5, 0.6) is 5.75 Å². The Balaban J connectivity index is 2.10. The second kappa shape index (κ2) is 10.6. The summed E-state index contributed by atoms with van der Waals surface area (Å²) in [5.41, 5.74) is 3.17. The maximum absolute atomic E-state index is 13.0. The standard InChI is InChI=1S/C24H32N2O3/c1-17(2)25-24(28)20(5)26(14-13-21-9-7-6-8-10-21)23(27)16-29-22-15-18(3)11-12-19(22)4/h6-12,15,17,20H,13-14,16H2,1-5H3,(H,25,28)/t20-/m0/s1. The van der Waals surface area contributed by atoms with Crippen molar-refractivity contribution in [2.24, 2.45) is 0 Å². The number of nitrogens with one attached hydrogen (secondary N) is 1. The van der Waals surface area contributed by atoms with E-state index in [0.717, 1.165) is 16.7 Å². The molecule has 156 valence electrons. The molecule has 0 unspecified atom stereocenters. The largest absolute Gasteiger partial charge is 0.483 e. The minimum Gasteiger partial charge on any atom is -0.483 e. The van der Waals surface area contributed by atoms with E-state index in [1.54, 1.807) is 11.8 Å². The molecule has 0 aliphatic carbocycles. The smallest absolute Gasteiger partial charge is 0.261 e. The first kappa shape index (κ1) is 22.5. The van der Waals surface area contributed by atoms with Crippen LogP contribution in [0.15, 0.2) is 48.5 Å². The molecule has 2 aromatic carbocycles. The van der Waals surface area contributed by atoms with Gasteiger partial charge in [-0.25, -0.2) is 0 Å². The molecule has 29 heavy (non-hydrogen) atoms. The molecule has 1 atom stereocenters. The maximum Gasteiger partial charge on any atom is 0.261 e.